The third-order valence-corrected chi connectivity index (χ3v) is 11.8. The number of furan rings is 2. The zero-order valence-corrected chi connectivity index (χ0v) is 26.6. The van der Waals surface area contributed by atoms with Crippen LogP contribution in [0.3, 0.4) is 0 Å². The Kier molecular flexibility index (Phi) is 4.76. The number of nitrogens with zero attached hydrogens (tertiary/aromatic N) is 2. The van der Waals surface area contributed by atoms with Gasteiger partial charge in [0, 0.05) is 0 Å². The van der Waals surface area contributed by atoms with E-state index in [1.807, 2.05) is 0 Å². The maximum absolute atomic E-state index is 7.05. The number of hydrogen-bond donors (Lipinski definition) is 0. The van der Waals surface area contributed by atoms with Crippen molar-refractivity contribution in [2.75, 3.05) is 0 Å². The Hall–Kier alpha value is -4.70. The Bertz CT molecular complexity index is 2650. The second-order valence-corrected chi connectivity index (χ2v) is 14.7. The van der Waals surface area contributed by atoms with Gasteiger partial charge in [-0.3, -0.25) is 0 Å². The van der Waals surface area contributed by atoms with Gasteiger partial charge in [-0.25, -0.2) is 0 Å². The second kappa shape index (κ2) is 8.47. The molecular weight excluding hydrogens is 607 g/mol. The Balaban J connectivity index is 1.38. The van der Waals surface area contributed by atoms with Crippen LogP contribution in [0.5, 0.6) is 0 Å². The van der Waals surface area contributed by atoms with Crippen molar-refractivity contribution in [1.29, 1.82) is 0 Å². The summed E-state index contributed by atoms with van der Waals surface area (Å²) >= 11 is 0.136. The molecule has 44 heavy (non-hydrogen) atoms. The minimum atomic E-state index is 0.136. The van der Waals surface area contributed by atoms with Gasteiger partial charge in [0.2, 0.25) is 0 Å². The van der Waals surface area contributed by atoms with Gasteiger partial charge < -0.3 is 0 Å². The summed E-state index contributed by atoms with van der Waals surface area (Å²) < 4.78 is 21.6. The molecule has 1 aliphatic rings. The molecular formula is C39H28N2O2Se. The second-order valence-electron chi connectivity index (χ2n) is 12.5. The van der Waals surface area contributed by atoms with Gasteiger partial charge >= 0.3 is 260 Å². The summed E-state index contributed by atoms with van der Waals surface area (Å²) in [4.78, 5) is 0. The van der Waals surface area contributed by atoms with Crippen molar-refractivity contribution in [2.24, 2.45) is 0 Å². The predicted molar refractivity (Wildman–Crippen MR) is 181 cm³/mol. The predicted octanol–water partition coefficient (Wildman–Crippen LogP) is 10.1. The molecule has 4 nitrogen and oxygen atoms in total. The SMILES string of the molecule is Cc1ccc(-n2c3c(c4oc5c(oc6c7[se]c8cc(C)ccc8c7n(-c7ccc(C)cc7)c56)c42)Cc2cc(C)ccc2-3)cc1. The average molecular weight is 636 g/mol. The normalized spacial score (nSPS) is 12.9. The molecule has 0 spiro atoms. The molecule has 0 unspecified atom stereocenters. The first-order valence-electron chi connectivity index (χ1n) is 15.1. The van der Waals surface area contributed by atoms with Crippen LogP contribution in [0.25, 0.3) is 75.4 Å². The van der Waals surface area contributed by atoms with Crippen molar-refractivity contribution in [3.8, 4) is 22.6 Å². The van der Waals surface area contributed by atoms with Crippen LogP contribution >= 0.6 is 0 Å². The van der Waals surface area contributed by atoms with Gasteiger partial charge in [0.15, 0.2) is 0 Å². The fraction of sp³-hybridized carbons (Fsp3) is 0.128. The number of benzene rings is 4. The van der Waals surface area contributed by atoms with Crippen LogP contribution in [0.1, 0.15) is 33.4 Å². The third-order valence-electron chi connectivity index (χ3n) is 9.42. The Morgan fingerprint density at radius 3 is 1.89 bits per heavy atom. The number of fused-ring (bicyclic) bond motifs is 13. The van der Waals surface area contributed by atoms with Gasteiger partial charge in [0.05, 0.1) is 0 Å². The summed E-state index contributed by atoms with van der Waals surface area (Å²) in [7, 11) is 0. The van der Waals surface area contributed by atoms with Gasteiger partial charge in [-0.15, -0.1) is 0 Å². The van der Waals surface area contributed by atoms with Gasteiger partial charge in [-0.1, -0.05) is 0 Å². The number of aryl methyl sites for hydroxylation is 4. The van der Waals surface area contributed by atoms with Gasteiger partial charge in [0.1, 0.15) is 0 Å². The van der Waals surface area contributed by atoms with Crippen LogP contribution in [-0.4, -0.2) is 23.6 Å². The van der Waals surface area contributed by atoms with E-state index in [0.717, 1.165) is 51.2 Å². The van der Waals surface area contributed by atoms with E-state index in [-0.39, 0.29) is 14.5 Å². The zero-order chi connectivity index (χ0) is 29.4. The van der Waals surface area contributed by atoms with Crippen LogP contribution in [0.4, 0.5) is 0 Å². The van der Waals surface area contributed by atoms with Crippen molar-refractivity contribution < 1.29 is 8.83 Å². The average Bonchev–Trinajstić information content (AvgIpc) is 3.82. The Morgan fingerprint density at radius 1 is 0.568 bits per heavy atom. The van der Waals surface area contributed by atoms with E-state index in [0.29, 0.717) is 0 Å². The van der Waals surface area contributed by atoms with E-state index in [1.165, 1.54) is 64.1 Å². The van der Waals surface area contributed by atoms with Crippen LogP contribution in [0.2, 0.25) is 0 Å². The van der Waals surface area contributed by atoms with Crippen LogP contribution in [-0.2, 0) is 6.42 Å². The van der Waals surface area contributed by atoms with Gasteiger partial charge in [-0.2, -0.15) is 0 Å². The Labute approximate surface area is 259 Å². The van der Waals surface area contributed by atoms with Crippen molar-refractivity contribution in [3.05, 3.63) is 118 Å². The molecule has 0 radical (unpaired) electrons. The van der Waals surface area contributed by atoms with Gasteiger partial charge in [-0.05, 0) is 0 Å². The molecule has 0 N–H and O–H groups in total. The molecule has 5 aromatic heterocycles. The summed E-state index contributed by atoms with van der Waals surface area (Å²) in [6.45, 7) is 8.62. The van der Waals surface area contributed by atoms with Crippen molar-refractivity contribution >= 4 is 67.3 Å². The molecule has 0 atom stereocenters. The molecule has 1 aliphatic carbocycles. The monoisotopic (exact) mass is 636 g/mol. The van der Waals surface area contributed by atoms with Crippen LogP contribution < -0.4 is 0 Å². The molecule has 0 fully saturated rings. The minimum absolute atomic E-state index is 0.136. The fourth-order valence-corrected chi connectivity index (χ4v) is 10.0. The topological polar surface area (TPSA) is 36.1 Å². The molecule has 0 saturated carbocycles. The molecule has 212 valence electrons. The van der Waals surface area contributed by atoms with Crippen LogP contribution in [0, 0.1) is 27.7 Å². The Morgan fingerprint density at radius 2 is 1.16 bits per heavy atom. The molecule has 0 saturated heterocycles. The molecule has 5 heterocycles. The van der Waals surface area contributed by atoms with E-state index in [4.69, 9.17) is 8.83 Å². The van der Waals surface area contributed by atoms with E-state index in [2.05, 4.69) is 122 Å². The quantitative estimate of drug-likeness (QED) is 0.177. The molecule has 4 aromatic carbocycles. The van der Waals surface area contributed by atoms with E-state index in [9.17, 15) is 0 Å². The summed E-state index contributed by atoms with van der Waals surface area (Å²) in [6, 6.07) is 31.3. The number of rotatable bonds is 2. The first-order valence-corrected chi connectivity index (χ1v) is 16.9. The number of aromatic nitrogens is 2. The standard InChI is InChI=1S/C39H28N2O2Se/c1-20-5-11-25(12-6-20)40-31-27-15-9-22(3)17-24(27)19-29(31)35-33(40)36-37(42-35)34-38(43-36)39-32(28-16-10-23(4)18-30(28)44-39)41(34)26-13-7-21(2)8-14-26/h5-18H,19H2,1-4H3. The molecule has 0 bridgehead atoms. The molecule has 0 aliphatic heterocycles. The maximum atomic E-state index is 7.05. The fourth-order valence-electron chi connectivity index (χ4n) is 7.35. The first-order chi connectivity index (χ1) is 21.4. The van der Waals surface area contributed by atoms with Crippen molar-refractivity contribution in [1.82, 2.24) is 9.13 Å². The summed E-state index contributed by atoms with van der Waals surface area (Å²) in [5.41, 5.74) is 19.3. The van der Waals surface area contributed by atoms with E-state index >= 15 is 0 Å². The third kappa shape index (κ3) is 3.13. The summed E-state index contributed by atoms with van der Waals surface area (Å²) in [5, 5.41) is 1.30. The zero-order valence-electron chi connectivity index (χ0n) is 24.9. The number of hydrogen-bond acceptors (Lipinski definition) is 2. The van der Waals surface area contributed by atoms with Crippen molar-refractivity contribution in [3.63, 3.8) is 0 Å². The van der Waals surface area contributed by atoms with Crippen LogP contribution in [0.15, 0.2) is 93.8 Å². The van der Waals surface area contributed by atoms with E-state index < -0.39 is 0 Å². The van der Waals surface area contributed by atoms with Crippen molar-refractivity contribution in [2.45, 2.75) is 34.1 Å². The molecule has 10 rings (SSSR count). The summed E-state index contributed by atoms with van der Waals surface area (Å²) in [5.74, 6) is 0. The summed E-state index contributed by atoms with van der Waals surface area (Å²) in [6.07, 6.45) is 0.853. The van der Waals surface area contributed by atoms with Gasteiger partial charge in [0.25, 0.3) is 0 Å². The van der Waals surface area contributed by atoms with E-state index in [1.54, 1.807) is 0 Å². The molecule has 9 aromatic rings. The first kappa shape index (κ1) is 24.7. The molecule has 0 amide bonds. The molecule has 5 heteroatoms.